The molecule has 21 heavy (non-hydrogen) atoms. The summed E-state index contributed by atoms with van der Waals surface area (Å²) in [6, 6.07) is 11.6. The molecular formula is C16H16N2O3. The summed E-state index contributed by atoms with van der Waals surface area (Å²) in [5.41, 5.74) is 4.41. The van der Waals surface area contributed by atoms with E-state index in [9.17, 15) is 4.79 Å². The Labute approximate surface area is 121 Å². The molecule has 0 aliphatic carbocycles. The third kappa shape index (κ3) is 2.76. The Morgan fingerprint density at radius 3 is 2.90 bits per heavy atom. The van der Waals surface area contributed by atoms with Gasteiger partial charge < -0.3 is 14.5 Å². The number of H-pyrrole nitrogens is 1. The van der Waals surface area contributed by atoms with Crippen LogP contribution in [0.15, 0.2) is 45.6 Å². The fourth-order valence-electron chi connectivity index (χ4n) is 2.30. The molecule has 0 aliphatic heterocycles. The number of benzene rings is 2. The van der Waals surface area contributed by atoms with Crippen LogP contribution in [0, 0.1) is 6.92 Å². The predicted molar refractivity (Wildman–Crippen MR) is 81.9 cm³/mol. The van der Waals surface area contributed by atoms with Gasteiger partial charge in [-0.15, -0.1) is 0 Å². The second-order valence-electron chi connectivity index (χ2n) is 4.89. The number of hydrogen-bond donors (Lipinski definition) is 2. The molecule has 0 aliphatic rings. The Kier molecular flexibility index (Phi) is 3.39. The topological polar surface area (TPSA) is 67.3 Å². The Balaban J connectivity index is 1.82. The molecule has 108 valence electrons. The van der Waals surface area contributed by atoms with Crippen molar-refractivity contribution < 1.29 is 9.15 Å². The molecule has 0 fully saturated rings. The number of oxazole rings is 1. The van der Waals surface area contributed by atoms with Gasteiger partial charge in [-0.25, -0.2) is 4.79 Å². The van der Waals surface area contributed by atoms with Crippen LogP contribution in [0.3, 0.4) is 0 Å². The lowest BCUT2D eigenvalue weighted by molar-refractivity contribution is 0.410. The fraction of sp³-hybridized carbons (Fsp3) is 0.188. The largest absolute Gasteiger partial charge is 0.496 e. The fourth-order valence-corrected chi connectivity index (χ4v) is 2.30. The van der Waals surface area contributed by atoms with E-state index in [0.717, 1.165) is 17.0 Å². The second kappa shape index (κ2) is 5.36. The summed E-state index contributed by atoms with van der Waals surface area (Å²) in [5, 5.41) is 3.32. The van der Waals surface area contributed by atoms with Crippen molar-refractivity contribution in [2.45, 2.75) is 13.5 Å². The van der Waals surface area contributed by atoms with Crippen molar-refractivity contribution in [2.24, 2.45) is 0 Å². The van der Waals surface area contributed by atoms with E-state index in [1.54, 1.807) is 13.2 Å². The molecule has 2 N–H and O–H groups in total. The molecule has 2 aromatic carbocycles. The molecule has 0 bridgehead atoms. The first-order chi connectivity index (χ1) is 10.2. The van der Waals surface area contributed by atoms with Gasteiger partial charge in [0.05, 0.1) is 12.6 Å². The first kappa shape index (κ1) is 13.3. The number of nitrogens with one attached hydrogen (secondary N) is 2. The Hall–Kier alpha value is -2.69. The van der Waals surface area contributed by atoms with Crippen LogP contribution in [0.1, 0.15) is 11.1 Å². The van der Waals surface area contributed by atoms with Crippen LogP contribution < -0.4 is 15.8 Å². The summed E-state index contributed by atoms with van der Waals surface area (Å²) < 4.78 is 10.3. The van der Waals surface area contributed by atoms with E-state index >= 15 is 0 Å². The molecule has 0 saturated heterocycles. The highest BCUT2D eigenvalue weighted by Crippen LogP contribution is 2.22. The third-order valence-electron chi connectivity index (χ3n) is 3.34. The number of hydrogen-bond acceptors (Lipinski definition) is 4. The average Bonchev–Trinajstić information content (AvgIpc) is 2.84. The first-order valence-corrected chi connectivity index (χ1v) is 6.66. The molecule has 3 aromatic rings. The minimum Gasteiger partial charge on any atom is -0.496 e. The van der Waals surface area contributed by atoms with Crippen molar-refractivity contribution in [3.05, 3.63) is 58.1 Å². The van der Waals surface area contributed by atoms with Crippen LogP contribution in [-0.2, 0) is 6.54 Å². The normalized spacial score (nSPS) is 10.8. The molecular weight excluding hydrogens is 268 g/mol. The van der Waals surface area contributed by atoms with Crippen molar-refractivity contribution in [3.8, 4) is 5.75 Å². The second-order valence-corrected chi connectivity index (χ2v) is 4.89. The Morgan fingerprint density at radius 2 is 2.10 bits per heavy atom. The lowest BCUT2D eigenvalue weighted by atomic mass is 10.1. The van der Waals surface area contributed by atoms with E-state index in [0.29, 0.717) is 17.6 Å². The maximum atomic E-state index is 11.1. The summed E-state index contributed by atoms with van der Waals surface area (Å²) in [5.74, 6) is 0.411. The summed E-state index contributed by atoms with van der Waals surface area (Å²) in [7, 11) is 1.66. The third-order valence-corrected chi connectivity index (χ3v) is 3.34. The number of anilines is 1. The molecule has 0 radical (unpaired) electrons. The summed E-state index contributed by atoms with van der Waals surface area (Å²) in [4.78, 5) is 13.8. The highest BCUT2D eigenvalue weighted by atomic mass is 16.5. The smallest absolute Gasteiger partial charge is 0.417 e. The Morgan fingerprint density at radius 1 is 1.24 bits per heavy atom. The van der Waals surface area contributed by atoms with Crippen LogP contribution in [0.25, 0.3) is 11.1 Å². The van der Waals surface area contributed by atoms with Gasteiger partial charge in [0.2, 0.25) is 0 Å². The highest BCUT2D eigenvalue weighted by Gasteiger charge is 2.05. The van der Waals surface area contributed by atoms with Gasteiger partial charge >= 0.3 is 5.76 Å². The van der Waals surface area contributed by atoms with E-state index in [1.165, 1.54) is 5.56 Å². The summed E-state index contributed by atoms with van der Waals surface area (Å²) in [6.07, 6.45) is 0. The molecule has 0 saturated carbocycles. The van der Waals surface area contributed by atoms with Crippen molar-refractivity contribution in [1.29, 1.82) is 0 Å². The van der Waals surface area contributed by atoms with E-state index in [-0.39, 0.29) is 0 Å². The van der Waals surface area contributed by atoms with Crippen LogP contribution in [-0.4, -0.2) is 12.1 Å². The summed E-state index contributed by atoms with van der Waals surface area (Å²) in [6.45, 7) is 2.68. The number of rotatable bonds is 4. The molecule has 3 rings (SSSR count). The first-order valence-electron chi connectivity index (χ1n) is 6.66. The van der Waals surface area contributed by atoms with E-state index in [4.69, 9.17) is 9.15 Å². The van der Waals surface area contributed by atoms with Gasteiger partial charge in [-0.3, -0.25) is 4.98 Å². The van der Waals surface area contributed by atoms with Crippen LogP contribution in [0.4, 0.5) is 5.69 Å². The maximum absolute atomic E-state index is 11.1. The number of aromatic nitrogens is 1. The van der Waals surface area contributed by atoms with Crippen molar-refractivity contribution in [3.63, 3.8) is 0 Å². The van der Waals surface area contributed by atoms with Crippen LogP contribution in [0.5, 0.6) is 5.75 Å². The van der Waals surface area contributed by atoms with Crippen LogP contribution >= 0.6 is 0 Å². The van der Waals surface area contributed by atoms with Gasteiger partial charge in [-0.05, 0) is 31.2 Å². The van der Waals surface area contributed by atoms with E-state index < -0.39 is 5.76 Å². The zero-order valence-electron chi connectivity index (χ0n) is 11.9. The maximum Gasteiger partial charge on any atom is 0.417 e. The van der Waals surface area contributed by atoms with E-state index in [2.05, 4.69) is 16.4 Å². The van der Waals surface area contributed by atoms with Gasteiger partial charge in [0.25, 0.3) is 0 Å². The monoisotopic (exact) mass is 284 g/mol. The summed E-state index contributed by atoms with van der Waals surface area (Å²) >= 11 is 0. The average molecular weight is 284 g/mol. The van der Waals surface area contributed by atoms with Crippen LogP contribution in [0.2, 0.25) is 0 Å². The Bertz CT molecular complexity index is 833. The molecule has 1 aromatic heterocycles. The van der Waals surface area contributed by atoms with Crippen molar-refractivity contribution in [2.75, 3.05) is 12.4 Å². The highest BCUT2D eigenvalue weighted by molar-refractivity contribution is 5.76. The van der Waals surface area contributed by atoms with Crippen molar-refractivity contribution in [1.82, 2.24) is 4.98 Å². The number of ether oxygens (including phenoxy) is 1. The number of aryl methyl sites for hydroxylation is 1. The lowest BCUT2D eigenvalue weighted by Crippen LogP contribution is -2.02. The minimum atomic E-state index is -0.442. The van der Waals surface area contributed by atoms with Gasteiger partial charge in [-0.2, -0.15) is 0 Å². The molecule has 0 unspecified atom stereocenters. The quantitative estimate of drug-likeness (QED) is 0.772. The number of aromatic amines is 1. The lowest BCUT2D eigenvalue weighted by Gasteiger charge is -2.11. The molecule has 5 nitrogen and oxygen atoms in total. The minimum absolute atomic E-state index is 0.442. The molecule has 0 atom stereocenters. The van der Waals surface area contributed by atoms with Gasteiger partial charge in [0.1, 0.15) is 5.75 Å². The number of fused-ring (bicyclic) bond motifs is 1. The number of methoxy groups -OCH3 is 1. The predicted octanol–water partition coefficient (Wildman–Crippen LogP) is 3.05. The van der Waals surface area contributed by atoms with Crippen molar-refractivity contribution >= 4 is 16.8 Å². The molecule has 0 spiro atoms. The molecule has 0 amide bonds. The molecule has 5 heteroatoms. The zero-order valence-corrected chi connectivity index (χ0v) is 11.9. The van der Waals surface area contributed by atoms with E-state index in [1.807, 2.05) is 31.2 Å². The zero-order chi connectivity index (χ0) is 14.8. The molecule has 1 heterocycles. The standard InChI is InChI=1S/C16H16N2O3/c1-10-3-5-14(20-2)11(7-10)9-17-12-4-6-15-13(8-12)18-16(19)21-15/h3-8,17H,9H2,1-2H3,(H,18,19). The SMILES string of the molecule is COc1ccc(C)cc1CNc1ccc2oc(=O)[nH]c2c1. The van der Waals surface area contributed by atoms with Gasteiger partial charge in [0.15, 0.2) is 5.58 Å². The van der Waals surface area contributed by atoms with Gasteiger partial charge in [-0.1, -0.05) is 17.7 Å². The van der Waals surface area contributed by atoms with Gasteiger partial charge in [0, 0.05) is 17.8 Å².